The fourth-order valence-corrected chi connectivity index (χ4v) is 3.46. The third kappa shape index (κ3) is 3.22. The van der Waals surface area contributed by atoms with Crippen molar-refractivity contribution >= 4 is 63.7 Å². The molecule has 21 heavy (non-hydrogen) atoms. The van der Waals surface area contributed by atoms with Gasteiger partial charge in [0.1, 0.15) is 47.1 Å². The van der Waals surface area contributed by atoms with Crippen molar-refractivity contribution in [3.8, 4) is 0 Å². The standard InChI is InChI=1S/C14H23B6N/c1-21-6-11(19)13(20)9(17)4-2-7(15)12-8(16)3-5-10(18)14(12)21/h3-5,7H,2,6,15-20H2,1H3/b9-4+,13-11-/t7-/m1/s1. The lowest BCUT2D eigenvalue weighted by molar-refractivity contribution is 0.926. The number of anilines is 1. The molecule has 0 N–H and O–H groups in total. The summed E-state index contributed by atoms with van der Waals surface area (Å²) in [6.45, 7) is 1.00. The van der Waals surface area contributed by atoms with Crippen LogP contribution in [0.15, 0.2) is 34.6 Å². The number of rotatable bonds is 0. The first kappa shape index (κ1) is 16.3. The van der Waals surface area contributed by atoms with Crippen molar-refractivity contribution in [3.05, 3.63) is 40.2 Å². The molecule has 1 aromatic rings. The second-order valence-electron chi connectivity index (χ2n) is 6.75. The first-order chi connectivity index (χ1) is 9.82. The van der Waals surface area contributed by atoms with E-state index in [9.17, 15) is 0 Å². The highest BCUT2D eigenvalue weighted by atomic mass is 15.1. The monoisotopic (exact) mass is 271 g/mol. The molecular formula is C14H23B6N. The molecule has 102 valence electrons. The maximum atomic E-state index is 2.44. The van der Waals surface area contributed by atoms with Crippen molar-refractivity contribution in [3.63, 3.8) is 0 Å². The van der Waals surface area contributed by atoms with E-state index in [1.165, 1.54) is 38.6 Å². The van der Waals surface area contributed by atoms with Crippen molar-refractivity contribution in [2.45, 2.75) is 12.2 Å². The lowest BCUT2D eigenvalue weighted by atomic mass is 9.66. The second-order valence-corrected chi connectivity index (χ2v) is 6.75. The Morgan fingerprint density at radius 2 is 1.67 bits per heavy atom. The quantitative estimate of drug-likeness (QED) is 0.431. The van der Waals surface area contributed by atoms with Crippen molar-refractivity contribution in [2.24, 2.45) is 0 Å². The normalized spacial score (nSPS) is 25.9. The number of allylic oxidation sites excluding steroid dienone is 3. The van der Waals surface area contributed by atoms with Crippen LogP contribution in [-0.4, -0.2) is 60.7 Å². The molecule has 7 heteroatoms. The van der Waals surface area contributed by atoms with Crippen LogP contribution in [0.25, 0.3) is 0 Å². The van der Waals surface area contributed by atoms with Crippen LogP contribution in [0.1, 0.15) is 17.8 Å². The molecule has 1 aliphatic rings. The Bertz CT molecular complexity index is 622. The van der Waals surface area contributed by atoms with Gasteiger partial charge in [0.2, 0.25) is 0 Å². The average molecular weight is 270 g/mol. The zero-order valence-corrected chi connectivity index (χ0v) is 14.7. The van der Waals surface area contributed by atoms with Gasteiger partial charge in [0.15, 0.2) is 0 Å². The molecule has 0 radical (unpaired) electrons. The molecule has 1 heterocycles. The summed E-state index contributed by atoms with van der Waals surface area (Å²) in [6, 6.07) is 4.53. The first-order valence-corrected chi connectivity index (χ1v) is 7.97. The predicted molar refractivity (Wildman–Crippen MR) is 113 cm³/mol. The average Bonchev–Trinajstić information content (AvgIpc) is 2.44. The molecule has 1 aliphatic heterocycles. The molecule has 1 aromatic carbocycles. The highest BCUT2D eigenvalue weighted by molar-refractivity contribution is 6.42. The fourth-order valence-electron chi connectivity index (χ4n) is 3.46. The number of benzene rings is 1. The van der Waals surface area contributed by atoms with Gasteiger partial charge in [0.05, 0.1) is 0 Å². The summed E-state index contributed by atoms with van der Waals surface area (Å²) in [5.74, 6) is 0.559. The summed E-state index contributed by atoms with van der Waals surface area (Å²) in [5, 5.41) is 0. The summed E-state index contributed by atoms with van der Waals surface area (Å²) in [4.78, 5) is 2.44. The molecule has 0 fully saturated rings. The van der Waals surface area contributed by atoms with E-state index in [0.29, 0.717) is 5.82 Å². The van der Waals surface area contributed by atoms with Crippen LogP contribution in [-0.2, 0) is 0 Å². The van der Waals surface area contributed by atoms with Gasteiger partial charge in [-0.1, -0.05) is 40.1 Å². The van der Waals surface area contributed by atoms with E-state index in [1.54, 1.807) is 0 Å². The Hall–Kier alpha value is -1.11. The molecule has 2 rings (SSSR count). The van der Waals surface area contributed by atoms with Gasteiger partial charge in [0.25, 0.3) is 0 Å². The summed E-state index contributed by atoms with van der Waals surface area (Å²) in [6.07, 6.45) is 3.53. The van der Waals surface area contributed by atoms with Crippen LogP contribution < -0.4 is 15.8 Å². The summed E-state index contributed by atoms with van der Waals surface area (Å²) in [5.41, 5.74) is 10.1. The van der Waals surface area contributed by atoms with Crippen LogP contribution in [0, 0.1) is 0 Å². The fraction of sp³-hybridized carbons (Fsp3) is 0.286. The maximum absolute atomic E-state index is 2.44. The predicted octanol–water partition coefficient (Wildman–Crippen LogP) is -4.29. The molecule has 0 bridgehead atoms. The smallest absolute Gasteiger partial charge is 0.142 e. The minimum absolute atomic E-state index is 0.559. The Labute approximate surface area is 135 Å². The number of nitrogens with zero attached hydrogens (tertiary/aromatic N) is 1. The zero-order valence-electron chi connectivity index (χ0n) is 14.7. The Morgan fingerprint density at radius 3 is 2.33 bits per heavy atom. The molecule has 0 spiro atoms. The third-order valence-corrected chi connectivity index (χ3v) is 4.99. The lowest BCUT2D eigenvalue weighted by Crippen LogP contribution is -2.33. The van der Waals surface area contributed by atoms with Crippen LogP contribution in [0.4, 0.5) is 5.69 Å². The lowest BCUT2D eigenvalue weighted by Gasteiger charge is -2.31. The maximum Gasteiger partial charge on any atom is 0.142 e. The van der Waals surface area contributed by atoms with Gasteiger partial charge in [0, 0.05) is 19.3 Å². The molecule has 0 saturated carbocycles. The van der Waals surface area contributed by atoms with Gasteiger partial charge in [-0.3, -0.25) is 0 Å². The van der Waals surface area contributed by atoms with E-state index in [2.05, 4.69) is 77.2 Å². The number of likely N-dealkylation sites (N-methyl/N-ethyl adjacent to an activating group) is 1. The van der Waals surface area contributed by atoms with Crippen LogP contribution >= 0.6 is 0 Å². The van der Waals surface area contributed by atoms with Gasteiger partial charge in [-0.05, 0) is 17.8 Å². The molecule has 0 aliphatic carbocycles. The van der Waals surface area contributed by atoms with Crippen molar-refractivity contribution in [1.82, 2.24) is 0 Å². The van der Waals surface area contributed by atoms with E-state index in [0.717, 1.165) is 13.0 Å². The summed E-state index contributed by atoms with van der Waals surface area (Å²) < 4.78 is 0. The highest BCUT2D eigenvalue weighted by Gasteiger charge is 2.19. The summed E-state index contributed by atoms with van der Waals surface area (Å²) in [7, 11) is 15.8. The minimum atomic E-state index is 0.559. The Balaban J connectivity index is 2.65. The molecule has 0 amide bonds. The third-order valence-electron chi connectivity index (χ3n) is 4.99. The van der Waals surface area contributed by atoms with Gasteiger partial charge >= 0.3 is 0 Å². The molecule has 1 nitrogen and oxygen atoms in total. The van der Waals surface area contributed by atoms with Gasteiger partial charge in [-0.2, -0.15) is 0 Å². The van der Waals surface area contributed by atoms with Crippen LogP contribution in [0.3, 0.4) is 0 Å². The molecule has 0 aromatic heterocycles. The number of hydrogen-bond acceptors (Lipinski definition) is 1. The Morgan fingerprint density at radius 1 is 1.05 bits per heavy atom. The van der Waals surface area contributed by atoms with E-state index >= 15 is 0 Å². The molecule has 1 atom stereocenters. The first-order valence-electron chi connectivity index (χ1n) is 7.97. The second kappa shape index (κ2) is 6.34. The van der Waals surface area contributed by atoms with Gasteiger partial charge in [-0.25, -0.2) is 0 Å². The SMILES string of the molecule is BC1=C/C[C@@H](B)c2c(B)ccc(B)c2N(C)C/C(B)=C\1B. The summed E-state index contributed by atoms with van der Waals surface area (Å²) >= 11 is 0. The zero-order chi connectivity index (χ0) is 15.7. The van der Waals surface area contributed by atoms with Crippen molar-refractivity contribution in [1.29, 1.82) is 0 Å². The molecular weight excluding hydrogens is 247 g/mol. The largest absolute Gasteiger partial charge is 0.372 e. The minimum Gasteiger partial charge on any atom is -0.372 e. The topological polar surface area (TPSA) is 3.24 Å². The highest BCUT2D eigenvalue weighted by Crippen LogP contribution is 2.27. The van der Waals surface area contributed by atoms with E-state index in [4.69, 9.17) is 0 Å². The van der Waals surface area contributed by atoms with Crippen molar-refractivity contribution < 1.29 is 0 Å². The van der Waals surface area contributed by atoms with Crippen molar-refractivity contribution in [2.75, 3.05) is 18.5 Å². The van der Waals surface area contributed by atoms with Gasteiger partial charge in [-0.15, -0.1) is 5.47 Å². The number of hydrogen-bond donors (Lipinski definition) is 0. The Kier molecular flexibility index (Phi) is 4.91. The van der Waals surface area contributed by atoms with Gasteiger partial charge < -0.3 is 4.90 Å². The van der Waals surface area contributed by atoms with E-state index in [-0.39, 0.29) is 0 Å². The molecule has 0 unspecified atom stereocenters. The van der Waals surface area contributed by atoms with E-state index < -0.39 is 0 Å². The van der Waals surface area contributed by atoms with Crippen LogP contribution in [0.5, 0.6) is 0 Å². The number of fused-ring (bicyclic) bond motifs is 1. The molecule has 0 saturated heterocycles. The van der Waals surface area contributed by atoms with E-state index in [1.807, 2.05) is 0 Å². The van der Waals surface area contributed by atoms with Crippen LogP contribution in [0.2, 0.25) is 0 Å².